The summed E-state index contributed by atoms with van der Waals surface area (Å²) in [5.74, 6) is 2.51. The van der Waals surface area contributed by atoms with E-state index >= 15 is 0 Å². The molecule has 3 aromatic carbocycles. The predicted octanol–water partition coefficient (Wildman–Crippen LogP) is 6.46. The third-order valence-electron chi connectivity index (χ3n) is 5.62. The van der Waals surface area contributed by atoms with Gasteiger partial charge < -0.3 is 24.8 Å². The molecule has 0 saturated heterocycles. The zero-order valence-corrected chi connectivity index (χ0v) is 19.5. The number of rotatable bonds is 8. The molecule has 1 aliphatic carbocycles. The molecule has 0 saturated carbocycles. The third-order valence-corrected chi connectivity index (χ3v) is 5.62. The normalized spacial score (nSPS) is 17.2. The second kappa shape index (κ2) is 9.74. The fraction of sp³-hybridized carbons (Fsp3) is 0.214. The molecular formula is C28H30N2O3. The van der Waals surface area contributed by atoms with E-state index < -0.39 is 5.72 Å². The summed E-state index contributed by atoms with van der Waals surface area (Å²) in [6.45, 7) is 4.14. The molecule has 0 radical (unpaired) electrons. The van der Waals surface area contributed by atoms with E-state index in [1.54, 1.807) is 14.2 Å². The van der Waals surface area contributed by atoms with E-state index in [0.717, 1.165) is 45.4 Å². The van der Waals surface area contributed by atoms with Crippen LogP contribution in [0.1, 0.15) is 17.5 Å². The highest BCUT2D eigenvalue weighted by atomic mass is 16.5. The number of ether oxygens (including phenoxy) is 3. The molecule has 3 aromatic rings. The molecule has 0 amide bonds. The van der Waals surface area contributed by atoms with E-state index in [1.807, 2.05) is 48.5 Å². The van der Waals surface area contributed by atoms with Crippen molar-refractivity contribution < 1.29 is 14.2 Å². The van der Waals surface area contributed by atoms with Gasteiger partial charge in [-0.25, -0.2) is 0 Å². The topological polar surface area (TPSA) is 51.8 Å². The molecule has 1 unspecified atom stereocenters. The van der Waals surface area contributed by atoms with Crippen LogP contribution in [0.25, 0.3) is 0 Å². The number of anilines is 2. The molecule has 4 rings (SSSR count). The number of allylic oxidation sites excluding steroid dienone is 1. The Hall–Kier alpha value is -3.86. The van der Waals surface area contributed by atoms with E-state index in [1.165, 1.54) is 0 Å². The highest BCUT2D eigenvalue weighted by molar-refractivity contribution is 5.56. The van der Waals surface area contributed by atoms with Crippen molar-refractivity contribution in [2.75, 3.05) is 24.9 Å². The Labute approximate surface area is 195 Å². The third kappa shape index (κ3) is 5.50. The number of nitrogens with one attached hydrogen (secondary N) is 2. The summed E-state index contributed by atoms with van der Waals surface area (Å²) in [4.78, 5) is 0. The van der Waals surface area contributed by atoms with Gasteiger partial charge in [0.1, 0.15) is 17.2 Å². The van der Waals surface area contributed by atoms with Crippen LogP contribution in [-0.4, -0.2) is 19.9 Å². The largest absolute Gasteiger partial charge is 0.497 e. The number of hydrogen-bond acceptors (Lipinski definition) is 5. The van der Waals surface area contributed by atoms with Crippen molar-refractivity contribution in [3.8, 4) is 17.2 Å². The standard InChI is InChI=1S/C28H30N2O3/c1-20-5-6-21(2)27(19-20)33-28(30-24-9-13-26(32-4)14-10-24)17-15-23(16-18-28)29-22-7-11-25(31-3)12-8-22/h5-17,19,29-30H,18H2,1-4H3. The van der Waals surface area contributed by atoms with Crippen molar-refractivity contribution in [3.05, 3.63) is 102 Å². The van der Waals surface area contributed by atoms with Crippen LogP contribution in [0.3, 0.4) is 0 Å². The van der Waals surface area contributed by atoms with Crippen LogP contribution in [-0.2, 0) is 0 Å². The zero-order chi connectivity index (χ0) is 23.3. The Balaban J connectivity index is 1.57. The minimum Gasteiger partial charge on any atom is -0.497 e. The molecule has 1 atom stereocenters. The van der Waals surface area contributed by atoms with Crippen molar-refractivity contribution in [2.45, 2.75) is 26.0 Å². The molecule has 0 fully saturated rings. The van der Waals surface area contributed by atoms with Crippen LogP contribution in [0, 0.1) is 13.8 Å². The zero-order valence-electron chi connectivity index (χ0n) is 19.5. The van der Waals surface area contributed by atoms with Gasteiger partial charge in [0.25, 0.3) is 0 Å². The maximum absolute atomic E-state index is 6.63. The molecule has 5 heteroatoms. The summed E-state index contributed by atoms with van der Waals surface area (Å²) in [6.07, 6.45) is 6.91. The molecule has 1 aliphatic rings. The van der Waals surface area contributed by atoms with Gasteiger partial charge in [-0.3, -0.25) is 0 Å². The molecule has 0 heterocycles. The minimum absolute atomic E-state index is 0.640. The highest BCUT2D eigenvalue weighted by Gasteiger charge is 2.31. The fourth-order valence-corrected chi connectivity index (χ4v) is 3.68. The summed E-state index contributed by atoms with van der Waals surface area (Å²) >= 11 is 0. The minimum atomic E-state index is -0.724. The lowest BCUT2D eigenvalue weighted by molar-refractivity contribution is 0.150. The van der Waals surface area contributed by atoms with E-state index in [4.69, 9.17) is 14.2 Å². The lowest BCUT2D eigenvalue weighted by atomic mass is 10.0. The lowest BCUT2D eigenvalue weighted by Gasteiger charge is -2.35. The Morgan fingerprint density at radius 2 is 1.42 bits per heavy atom. The van der Waals surface area contributed by atoms with Crippen LogP contribution in [0.4, 0.5) is 11.4 Å². The van der Waals surface area contributed by atoms with Crippen LogP contribution < -0.4 is 24.8 Å². The average molecular weight is 443 g/mol. The quantitative estimate of drug-likeness (QED) is 0.392. The molecule has 2 N–H and O–H groups in total. The fourth-order valence-electron chi connectivity index (χ4n) is 3.68. The Morgan fingerprint density at radius 3 is 2.00 bits per heavy atom. The van der Waals surface area contributed by atoms with Gasteiger partial charge in [-0.15, -0.1) is 0 Å². The van der Waals surface area contributed by atoms with Gasteiger partial charge >= 0.3 is 0 Å². The van der Waals surface area contributed by atoms with E-state index in [-0.39, 0.29) is 0 Å². The van der Waals surface area contributed by atoms with E-state index in [0.29, 0.717) is 6.42 Å². The molecule has 5 nitrogen and oxygen atoms in total. The van der Waals surface area contributed by atoms with Crippen molar-refractivity contribution >= 4 is 11.4 Å². The maximum atomic E-state index is 6.63. The Kier molecular flexibility index (Phi) is 6.59. The Morgan fingerprint density at radius 1 is 0.788 bits per heavy atom. The van der Waals surface area contributed by atoms with Gasteiger partial charge in [0.05, 0.1) is 14.2 Å². The van der Waals surface area contributed by atoms with Crippen LogP contribution in [0.2, 0.25) is 0 Å². The number of benzene rings is 3. The van der Waals surface area contributed by atoms with Crippen molar-refractivity contribution in [1.82, 2.24) is 0 Å². The monoisotopic (exact) mass is 442 g/mol. The summed E-state index contributed by atoms with van der Waals surface area (Å²) in [7, 11) is 3.33. The molecule has 0 aliphatic heterocycles. The summed E-state index contributed by atoms with van der Waals surface area (Å²) < 4.78 is 17.2. The second-order valence-electron chi connectivity index (χ2n) is 8.16. The first-order valence-electron chi connectivity index (χ1n) is 11.0. The molecule has 0 aromatic heterocycles. The van der Waals surface area contributed by atoms with Crippen LogP contribution >= 0.6 is 0 Å². The van der Waals surface area contributed by atoms with Gasteiger partial charge in [0.2, 0.25) is 5.72 Å². The second-order valence-corrected chi connectivity index (χ2v) is 8.16. The molecular weight excluding hydrogens is 412 g/mol. The first kappa shape index (κ1) is 22.3. The predicted molar refractivity (Wildman–Crippen MR) is 134 cm³/mol. The van der Waals surface area contributed by atoms with Gasteiger partial charge in [-0.05, 0) is 91.7 Å². The van der Waals surface area contributed by atoms with Crippen molar-refractivity contribution in [3.63, 3.8) is 0 Å². The van der Waals surface area contributed by atoms with Gasteiger partial charge in [-0.2, -0.15) is 0 Å². The molecule has 170 valence electrons. The highest BCUT2D eigenvalue weighted by Crippen LogP contribution is 2.32. The number of methoxy groups -OCH3 is 2. The average Bonchev–Trinajstić information content (AvgIpc) is 2.84. The van der Waals surface area contributed by atoms with E-state index in [9.17, 15) is 0 Å². The molecule has 0 bridgehead atoms. The first-order valence-corrected chi connectivity index (χ1v) is 11.0. The summed E-state index contributed by atoms with van der Waals surface area (Å²) in [5, 5.41) is 7.04. The van der Waals surface area contributed by atoms with Gasteiger partial charge in [0, 0.05) is 23.5 Å². The summed E-state index contributed by atoms with van der Waals surface area (Å²) in [5.41, 5.74) is 4.49. The lowest BCUT2D eigenvalue weighted by Crippen LogP contribution is -2.43. The SMILES string of the molecule is COc1ccc(NC2=CCC(Nc3ccc(OC)cc3)(Oc3cc(C)ccc3C)C=C2)cc1. The van der Waals surface area contributed by atoms with Gasteiger partial charge in [0.15, 0.2) is 0 Å². The van der Waals surface area contributed by atoms with Crippen LogP contribution in [0.5, 0.6) is 17.2 Å². The maximum Gasteiger partial charge on any atom is 0.204 e. The first-order chi connectivity index (χ1) is 16.0. The van der Waals surface area contributed by atoms with Crippen LogP contribution in [0.15, 0.2) is 90.7 Å². The Bertz CT molecular complexity index is 1150. The van der Waals surface area contributed by atoms with Crippen molar-refractivity contribution in [1.29, 1.82) is 0 Å². The summed E-state index contributed by atoms with van der Waals surface area (Å²) in [6, 6.07) is 22.0. The number of hydrogen-bond donors (Lipinski definition) is 2. The number of aryl methyl sites for hydroxylation is 2. The van der Waals surface area contributed by atoms with E-state index in [2.05, 4.69) is 60.9 Å². The van der Waals surface area contributed by atoms with Crippen molar-refractivity contribution in [2.24, 2.45) is 0 Å². The molecule has 33 heavy (non-hydrogen) atoms. The smallest absolute Gasteiger partial charge is 0.204 e. The molecule has 0 spiro atoms. The van der Waals surface area contributed by atoms with Gasteiger partial charge in [-0.1, -0.05) is 18.2 Å².